The minimum atomic E-state index is -1.13. The van der Waals surface area contributed by atoms with Crippen LogP contribution in [0.4, 0.5) is 4.39 Å². The number of carboxylic acid groups (broad SMARTS) is 1. The lowest BCUT2D eigenvalue weighted by atomic mass is 10.1. The number of carboxylic acids is 1. The second-order valence-corrected chi connectivity index (χ2v) is 3.48. The summed E-state index contributed by atoms with van der Waals surface area (Å²) in [4.78, 5) is 21.5. The molecule has 5 nitrogen and oxygen atoms in total. The lowest BCUT2D eigenvalue weighted by Crippen LogP contribution is -2.44. The molecule has 0 saturated carbocycles. The van der Waals surface area contributed by atoms with Crippen molar-refractivity contribution in [2.45, 2.75) is 19.4 Å². The number of nitrogens with zero attached hydrogens (tertiary/aromatic N) is 1. The monoisotopic (exact) mass is 239 g/mol. The van der Waals surface area contributed by atoms with Crippen LogP contribution < -0.4 is 10.9 Å². The Balaban J connectivity index is 2.63. The molecule has 6 heteroatoms. The van der Waals surface area contributed by atoms with Crippen LogP contribution in [0.15, 0.2) is 24.3 Å². The van der Waals surface area contributed by atoms with Crippen LogP contribution >= 0.6 is 0 Å². The van der Waals surface area contributed by atoms with Gasteiger partial charge < -0.3 is 5.11 Å². The molecule has 1 rings (SSSR count). The van der Waals surface area contributed by atoms with E-state index < -0.39 is 17.9 Å². The largest absolute Gasteiger partial charge is 0.480 e. The molecule has 2 N–H and O–H groups in total. The fourth-order valence-corrected chi connectivity index (χ4v) is 1.21. The Hall–Kier alpha value is -1.95. The summed E-state index contributed by atoms with van der Waals surface area (Å²) >= 11 is 0. The van der Waals surface area contributed by atoms with E-state index in [-0.39, 0.29) is 12.2 Å². The lowest BCUT2D eigenvalue weighted by molar-refractivity contribution is -0.140. The van der Waals surface area contributed by atoms with Crippen LogP contribution in [0.2, 0.25) is 0 Å². The number of hydrogen-bond donors (Lipinski definition) is 2. The van der Waals surface area contributed by atoms with E-state index in [1.165, 1.54) is 31.2 Å². The van der Waals surface area contributed by atoms with E-state index in [2.05, 4.69) is 10.9 Å². The highest BCUT2D eigenvalue weighted by Gasteiger charge is 2.18. The zero-order chi connectivity index (χ0) is 12.8. The summed E-state index contributed by atoms with van der Waals surface area (Å²) in [5.74, 6) is -2.02. The Morgan fingerprint density at radius 3 is 2.47 bits per heavy atom. The van der Waals surface area contributed by atoms with Gasteiger partial charge in [0.2, 0.25) is 0 Å². The van der Waals surface area contributed by atoms with E-state index in [0.717, 1.165) is 0 Å². The average molecular weight is 239 g/mol. The molecule has 0 heterocycles. The van der Waals surface area contributed by atoms with Crippen LogP contribution in [0, 0.1) is 5.82 Å². The van der Waals surface area contributed by atoms with Crippen LogP contribution in [-0.4, -0.2) is 23.0 Å². The Labute approximate surface area is 97.6 Å². The summed E-state index contributed by atoms with van der Waals surface area (Å²) < 4.78 is 12.6. The Bertz CT molecular complexity index is 406. The number of hydrogen-bond acceptors (Lipinski definition) is 3. The molecular weight excluding hydrogens is 227 g/mol. The van der Waals surface area contributed by atoms with E-state index in [1.807, 2.05) is 0 Å². The summed E-state index contributed by atoms with van der Waals surface area (Å²) in [6.45, 7) is 1.21. The summed E-state index contributed by atoms with van der Waals surface area (Å²) in [6, 6.07) is 4.46. The minimum Gasteiger partial charge on any atom is -0.480 e. The third kappa shape index (κ3) is 4.60. The molecule has 0 bridgehead atoms. The molecule has 0 fully saturated rings. The first-order chi connectivity index (χ1) is 7.99. The predicted octanol–water partition coefficient (Wildman–Crippen LogP) is 0.477. The average Bonchev–Trinajstić information content (AvgIpc) is 2.26. The van der Waals surface area contributed by atoms with Gasteiger partial charge in [0, 0.05) is 13.3 Å². The molecule has 0 unspecified atom stereocenters. The molecule has 0 spiro atoms. The maximum atomic E-state index is 12.6. The summed E-state index contributed by atoms with van der Waals surface area (Å²) in [7, 11) is 0. The normalized spacial score (nSPS) is 11.9. The highest BCUT2D eigenvalue weighted by molar-refractivity contribution is 5.76. The molecule has 1 amide bonds. The van der Waals surface area contributed by atoms with Gasteiger partial charge in [0.05, 0.1) is 0 Å². The van der Waals surface area contributed by atoms with Gasteiger partial charge in [-0.2, -0.15) is 10.9 Å². The van der Waals surface area contributed by atoms with E-state index in [4.69, 9.17) is 5.11 Å². The van der Waals surface area contributed by atoms with Crippen molar-refractivity contribution in [2.24, 2.45) is 0 Å². The molecule has 0 saturated heterocycles. The topological polar surface area (TPSA) is 80.5 Å². The highest BCUT2D eigenvalue weighted by Crippen LogP contribution is 2.05. The molecule has 0 aliphatic heterocycles. The van der Waals surface area contributed by atoms with Crippen molar-refractivity contribution in [3.8, 4) is 0 Å². The molecule has 1 aromatic carbocycles. The number of rotatable bonds is 5. The van der Waals surface area contributed by atoms with Crippen molar-refractivity contribution in [1.82, 2.24) is 10.9 Å². The number of nitrogens with one attached hydrogen (secondary N) is 1. The van der Waals surface area contributed by atoms with Gasteiger partial charge in [-0.15, -0.1) is 0 Å². The van der Waals surface area contributed by atoms with Crippen molar-refractivity contribution >= 4 is 11.9 Å². The number of benzene rings is 1. The summed E-state index contributed by atoms with van der Waals surface area (Å²) in [5, 5.41) is 8.89. The molecule has 91 valence electrons. The molecule has 0 aliphatic carbocycles. The second kappa shape index (κ2) is 5.95. The van der Waals surface area contributed by atoms with Crippen molar-refractivity contribution in [3.05, 3.63) is 35.6 Å². The summed E-state index contributed by atoms with van der Waals surface area (Å²) in [6.07, 6.45) is 0.117. The zero-order valence-corrected chi connectivity index (χ0v) is 9.18. The lowest BCUT2D eigenvalue weighted by Gasteiger charge is -2.12. The second-order valence-electron chi connectivity index (χ2n) is 3.48. The zero-order valence-electron chi connectivity index (χ0n) is 9.18. The maximum Gasteiger partial charge on any atom is 0.322 e. The van der Waals surface area contributed by atoms with Crippen LogP contribution in [0.25, 0.3) is 0 Å². The molecular formula is C11H12FN2O3. The Morgan fingerprint density at radius 1 is 1.41 bits per heavy atom. The van der Waals surface area contributed by atoms with Gasteiger partial charge in [-0.1, -0.05) is 12.1 Å². The minimum absolute atomic E-state index is 0.117. The van der Waals surface area contributed by atoms with Crippen LogP contribution in [0.3, 0.4) is 0 Å². The number of amides is 1. The van der Waals surface area contributed by atoms with Crippen molar-refractivity contribution in [2.75, 3.05) is 0 Å². The van der Waals surface area contributed by atoms with Crippen molar-refractivity contribution < 1.29 is 19.1 Å². The Morgan fingerprint density at radius 2 is 2.00 bits per heavy atom. The quantitative estimate of drug-likeness (QED) is 0.732. The number of halogens is 1. The molecule has 0 aromatic heterocycles. The fraction of sp³-hybridized carbons (Fsp3) is 0.273. The third-order valence-corrected chi connectivity index (χ3v) is 2.03. The maximum absolute atomic E-state index is 12.6. The van der Waals surface area contributed by atoms with E-state index in [9.17, 15) is 14.0 Å². The summed E-state index contributed by atoms with van der Waals surface area (Å²) in [5.41, 5.74) is 6.22. The molecule has 0 aliphatic rings. The number of aliphatic carboxylic acids is 1. The van der Waals surface area contributed by atoms with Crippen LogP contribution in [0.1, 0.15) is 12.5 Å². The van der Waals surface area contributed by atoms with Gasteiger partial charge in [0.25, 0.3) is 5.91 Å². The van der Waals surface area contributed by atoms with E-state index in [1.54, 1.807) is 0 Å². The van der Waals surface area contributed by atoms with Gasteiger partial charge in [-0.25, -0.2) is 4.39 Å². The fourth-order valence-electron chi connectivity index (χ4n) is 1.21. The molecule has 17 heavy (non-hydrogen) atoms. The highest BCUT2D eigenvalue weighted by atomic mass is 19.1. The first-order valence-corrected chi connectivity index (χ1v) is 4.93. The van der Waals surface area contributed by atoms with E-state index >= 15 is 0 Å². The van der Waals surface area contributed by atoms with Crippen molar-refractivity contribution in [3.63, 3.8) is 0 Å². The van der Waals surface area contributed by atoms with E-state index in [0.29, 0.717) is 5.56 Å². The number of carbonyl (C=O) groups excluding carboxylic acids is 1. The molecule has 1 aromatic rings. The van der Waals surface area contributed by atoms with Gasteiger partial charge >= 0.3 is 5.97 Å². The van der Waals surface area contributed by atoms with Gasteiger partial charge in [-0.3, -0.25) is 9.59 Å². The third-order valence-electron chi connectivity index (χ3n) is 2.03. The number of carbonyl (C=O) groups is 2. The van der Waals surface area contributed by atoms with Gasteiger partial charge in [-0.05, 0) is 17.7 Å². The van der Waals surface area contributed by atoms with Gasteiger partial charge in [0.1, 0.15) is 11.9 Å². The molecule has 1 atom stereocenters. The van der Waals surface area contributed by atoms with Crippen LogP contribution in [0.5, 0.6) is 0 Å². The Kier molecular flexibility index (Phi) is 4.59. The van der Waals surface area contributed by atoms with Gasteiger partial charge in [0.15, 0.2) is 0 Å². The van der Waals surface area contributed by atoms with Crippen LogP contribution in [-0.2, 0) is 16.0 Å². The standard InChI is InChI=1S/C11H12FN2O3/c1-7(15)13-14-10(11(16)17)6-8-2-4-9(12)5-3-8/h2-5,10,14H,6H2,1H3,(H,16,17)/t10-/m0/s1. The van der Waals surface area contributed by atoms with Crippen molar-refractivity contribution in [1.29, 1.82) is 0 Å². The smallest absolute Gasteiger partial charge is 0.322 e. The molecule has 1 radical (unpaired) electrons. The predicted molar refractivity (Wildman–Crippen MR) is 57.5 cm³/mol. The SMILES string of the molecule is CC(=O)[N]N[C@@H](Cc1ccc(F)cc1)C(=O)O. The first-order valence-electron chi connectivity index (χ1n) is 4.93. The first kappa shape index (κ1) is 13.1.